The fourth-order valence-corrected chi connectivity index (χ4v) is 1.80. The molecular formula is C10H16O5. The zero-order valence-corrected chi connectivity index (χ0v) is 8.99. The molecule has 0 aliphatic carbocycles. The van der Waals surface area contributed by atoms with Gasteiger partial charge in [-0.3, -0.25) is 9.59 Å². The van der Waals surface area contributed by atoms with Gasteiger partial charge in [0.2, 0.25) is 0 Å². The highest BCUT2D eigenvalue weighted by Gasteiger charge is 2.44. The Morgan fingerprint density at radius 3 is 2.67 bits per heavy atom. The zero-order valence-electron chi connectivity index (χ0n) is 8.99. The van der Waals surface area contributed by atoms with E-state index in [1.807, 2.05) is 0 Å². The Labute approximate surface area is 88.4 Å². The molecule has 1 heterocycles. The predicted molar refractivity (Wildman–Crippen MR) is 51.3 cm³/mol. The van der Waals surface area contributed by atoms with Crippen LogP contribution in [0.1, 0.15) is 19.8 Å². The Kier molecular flexibility index (Phi) is 3.68. The van der Waals surface area contributed by atoms with Gasteiger partial charge in [0, 0.05) is 13.2 Å². The van der Waals surface area contributed by atoms with Crippen molar-refractivity contribution in [1.29, 1.82) is 0 Å². The first-order chi connectivity index (χ1) is 7.00. The van der Waals surface area contributed by atoms with E-state index >= 15 is 0 Å². The minimum absolute atomic E-state index is 0.130. The van der Waals surface area contributed by atoms with Crippen molar-refractivity contribution >= 4 is 11.9 Å². The molecule has 0 amide bonds. The van der Waals surface area contributed by atoms with Crippen molar-refractivity contribution < 1.29 is 24.2 Å². The van der Waals surface area contributed by atoms with Crippen LogP contribution in [-0.4, -0.2) is 37.4 Å². The van der Waals surface area contributed by atoms with Crippen molar-refractivity contribution in [1.82, 2.24) is 0 Å². The second kappa shape index (κ2) is 4.61. The van der Waals surface area contributed by atoms with E-state index in [1.54, 1.807) is 0 Å². The Bertz CT molecular complexity index is 257. The molecular weight excluding hydrogens is 200 g/mol. The average molecular weight is 216 g/mol. The van der Waals surface area contributed by atoms with Gasteiger partial charge in [0.1, 0.15) is 0 Å². The first-order valence-corrected chi connectivity index (χ1v) is 4.90. The second-order valence-corrected chi connectivity index (χ2v) is 4.06. The molecule has 0 aromatic heterocycles. The third-order valence-electron chi connectivity index (χ3n) is 2.83. The van der Waals surface area contributed by atoms with Crippen molar-refractivity contribution in [3.63, 3.8) is 0 Å². The number of carbonyl (C=O) groups is 2. The number of hydrogen-bond acceptors (Lipinski definition) is 4. The lowest BCUT2D eigenvalue weighted by molar-refractivity contribution is -0.167. The molecule has 5 heteroatoms. The lowest BCUT2D eigenvalue weighted by Gasteiger charge is -2.24. The van der Waals surface area contributed by atoms with Crippen LogP contribution in [0.4, 0.5) is 0 Å². The summed E-state index contributed by atoms with van der Waals surface area (Å²) in [6, 6.07) is 0. The molecule has 2 unspecified atom stereocenters. The minimum atomic E-state index is -1.45. The molecule has 0 radical (unpaired) electrons. The average Bonchev–Trinajstić information content (AvgIpc) is 2.68. The number of carboxylic acid groups (broad SMARTS) is 1. The van der Waals surface area contributed by atoms with Gasteiger partial charge in [0.05, 0.1) is 7.11 Å². The lowest BCUT2D eigenvalue weighted by Crippen LogP contribution is -2.39. The van der Waals surface area contributed by atoms with Gasteiger partial charge in [-0.1, -0.05) is 0 Å². The van der Waals surface area contributed by atoms with Gasteiger partial charge >= 0.3 is 11.9 Å². The van der Waals surface area contributed by atoms with E-state index in [0.29, 0.717) is 13.2 Å². The number of aliphatic carboxylic acids is 1. The number of methoxy groups -OCH3 is 1. The number of rotatable bonds is 4. The van der Waals surface area contributed by atoms with Crippen LogP contribution in [0.3, 0.4) is 0 Å². The smallest absolute Gasteiger partial charge is 0.322 e. The molecule has 1 rings (SSSR count). The molecule has 15 heavy (non-hydrogen) atoms. The molecule has 1 N–H and O–H groups in total. The maximum Gasteiger partial charge on any atom is 0.322 e. The van der Waals surface area contributed by atoms with Crippen LogP contribution in [0, 0.1) is 11.3 Å². The van der Waals surface area contributed by atoms with Crippen LogP contribution >= 0.6 is 0 Å². The molecule has 1 saturated heterocycles. The molecule has 0 bridgehead atoms. The predicted octanol–water partition coefficient (Wildman–Crippen LogP) is 0.677. The van der Waals surface area contributed by atoms with Gasteiger partial charge in [0.15, 0.2) is 5.41 Å². The van der Waals surface area contributed by atoms with Gasteiger partial charge < -0.3 is 14.6 Å². The number of carboxylic acids is 1. The zero-order chi connectivity index (χ0) is 11.5. The first-order valence-electron chi connectivity index (χ1n) is 4.90. The van der Waals surface area contributed by atoms with Crippen LogP contribution in [-0.2, 0) is 19.1 Å². The van der Waals surface area contributed by atoms with E-state index in [-0.39, 0.29) is 12.3 Å². The molecule has 0 spiro atoms. The highest BCUT2D eigenvalue weighted by atomic mass is 16.5. The van der Waals surface area contributed by atoms with Crippen LogP contribution in [0.5, 0.6) is 0 Å². The summed E-state index contributed by atoms with van der Waals surface area (Å²) in [6.45, 7) is 2.57. The van der Waals surface area contributed by atoms with E-state index in [4.69, 9.17) is 9.84 Å². The molecule has 1 fully saturated rings. The number of ether oxygens (including phenoxy) is 2. The van der Waals surface area contributed by atoms with Gasteiger partial charge in [-0.15, -0.1) is 0 Å². The number of carbonyl (C=O) groups excluding carboxylic acids is 1. The van der Waals surface area contributed by atoms with Crippen LogP contribution < -0.4 is 0 Å². The molecule has 0 saturated carbocycles. The molecule has 1 aliphatic heterocycles. The van der Waals surface area contributed by atoms with E-state index < -0.39 is 17.4 Å². The van der Waals surface area contributed by atoms with Crippen molar-refractivity contribution in [3.05, 3.63) is 0 Å². The SMILES string of the molecule is COC(=O)C(C)(CC1CCOC1)C(=O)O. The first kappa shape index (κ1) is 12.0. The lowest BCUT2D eigenvalue weighted by atomic mass is 9.80. The maximum absolute atomic E-state index is 11.4. The summed E-state index contributed by atoms with van der Waals surface area (Å²) in [6.07, 6.45) is 1.08. The number of esters is 1. The summed E-state index contributed by atoms with van der Waals surface area (Å²) in [4.78, 5) is 22.5. The van der Waals surface area contributed by atoms with Crippen molar-refractivity contribution in [2.75, 3.05) is 20.3 Å². The number of hydrogen-bond donors (Lipinski definition) is 1. The van der Waals surface area contributed by atoms with Crippen LogP contribution in [0.25, 0.3) is 0 Å². The maximum atomic E-state index is 11.4. The molecule has 0 aromatic rings. The normalized spacial score (nSPS) is 24.5. The molecule has 1 aliphatic rings. The Hall–Kier alpha value is -1.10. The summed E-state index contributed by atoms with van der Waals surface area (Å²) in [5.41, 5.74) is -1.45. The van der Waals surface area contributed by atoms with Crippen LogP contribution in [0.15, 0.2) is 0 Å². The van der Waals surface area contributed by atoms with Gasteiger partial charge in [-0.25, -0.2) is 0 Å². The molecule has 86 valence electrons. The summed E-state index contributed by atoms with van der Waals surface area (Å²) >= 11 is 0. The van der Waals surface area contributed by atoms with E-state index in [1.165, 1.54) is 14.0 Å². The van der Waals surface area contributed by atoms with E-state index in [9.17, 15) is 9.59 Å². The third-order valence-corrected chi connectivity index (χ3v) is 2.83. The van der Waals surface area contributed by atoms with E-state index in [2.05, 4.69) is 4.74 Å². The Morgan fingerprint density at radius 2 is 2.27 bits per heavy atom. The quantitative estimate of drug-likeness (QED) is 0.552. The second-order valence-electron chi connectivity index (χ2n) is 4.06. The van der Waals surface area contributed by atoms with Gasteiger partial charge in [0.25, 0.3) is 0 Å². The molecule has 0 aromatic carbocycles. The highest BCUT2D eigenvalue weighted by molar-refractivity contribution is 5.98. The van der Waals surface area contributed by atoms with Gasteiger partial charge in [-0.2, -0.15) is 0 Å². The van der Waals surface area contributed by atoms with Crippen molar-refractivity contribution in [2.45, 2.75) is 19.8 Å². The molecule has 5 nitrogen and oxygen atoms in total. The van der Waals surface area contributed by atoms with E-state index in [0.717, 1.165) is 6.42 Å². The topological polar surface area (TPSA) is 72.8 Å². The summed E-state index contributed by atoms with van der Waals surface area (Å²) < 4.78 is 9.68. The fraction of sp³-hybridized carbons (Fsp3) is 0.800. The van der Waals surface area contributed by atoms with Gasteiger partial charge in [-0.05, 0) is 25.7 Å². The van der Waals surface area contributed by atoms with Crippen molar-refractivity contribution in [2.24, 2.45) is 11.3 Å². The summed E-state index contributed by atoms with van der Waals surface area (Å²) in [5, 5.41) is 9.05. The monoisotopic (exact) mass is 216 g/mol. The standard InChI is InChI=1S/C10H16O5/c1-10(8(11)12,9(13)14-2)5-7-3-4-15-6-7/h7H,3-6H2,1-2H3,(H,11,12). The van der Waals surface area contributed by atoms with Crippen LogP contribution in [0.2, 0.25) is 0 Å². The summed E-state index contributed by atoms with van der Waals surface area (Å²) in [7, 11) is 1.20. The Morgan fingerprint density at radius 1 is 1.60 bits per heavy atom. The highest BCUT2D eigenvalue weighted by Crippen LogP contribution is 2.31. The Balaban J connectivity index is 2.72. The fourth-order valence-electron chi connectivity index (χ4n) is 1.80. The summed E-state index contributed by atoms with van der Waals surface area (Å²) in [5.74, 6) is -1.70. The third kappa shape index (κ3) is 2.47. The minimum Gasteiger partial charge on any atom is -0.480 e. The van der Waals surface area contributed by atoms with Crippen molar-refractivity contribution in [3.8, 4) is 0 Å². The molecule has 2 atom stereocenters. The largest absolute Gasteiger partial charge is 0.480 e.